The lowest BCUT2D eigenvalue weighted by Crippen LogP contribution is -2.48. The summed E-state index contributed by atoms with van der Waals surface area (Å²) in [5.74, 6) is 1.22. The molecule has 0 spiro atoms. The van der Waals surface area contributed by atoms with E-state index < -0.39 is 0 Å². The molecule has 2 aromatic rings. The quantitative estimate of drug-likeness (QED) is 0.338. The van der Waals surface area contributed by atoms with E-state index in [0.717, 1.165) is 93.6 Å². The second-order valence-electron chi connectivity index (χ2n) is 11.2. The van der Waals surface area contributed by atoms with E-state index in [1.807, 2.05) is 0 Å². The highest BCUT2D eigenvalue weighted by Crippen LogP contribution is 2.35. The van der Waals surface area contributed by atoms with Crippen LogP contribution in [0.4, 0.5) is 5.69 Å². The molecule has 3 fully saturated rings. The van der Waals surface area contributed by atoms with E-state index in [-0.39, 0.29) is 12.1 Å². The molecule has 37 heavy (non-hydrogen) atoms. The number of aliphatic hydroxyl groups is 1. The van der Waals surface area contributed by atoms with Crippen molar-refractivity contribution in [3.63, 3.8) is 0 Å². The summed E-state index contributed by atoms with van der Waals surface area (Å²) in [7, 11) is 0. The van der Waals surface area contributed by atoms with Gasteiger partial charge in [-0.3, -0.25) is 4.98 Å². The SMILES string of the molecule is O[C@H]1CCCC[C@@H]1NC1CCC(Cc2cc(-c3cc(NCC4CCOCC4)cnc3Cl)c(Cl)cn2)CC1. The van der Waals surface area contributed by atoms with E-state index in [4.69, 9.17) is 27.9 Å². The van der Waals surface area contributed by atoms with E-state index in [9.17, 15) is 5.11 Å². The van der Waals surface area contributed by atoms with Crippen LogP contribution in [0.2, 0.25) is 10.2 Å². The highest BCUT2D eigenvalue weighted by atomic mass is 35.5. The topological polar surface area (TPSA) is 79.3 Å². The summed E-state index contributed by atoms with van der Waals surface area (Å²) < 4.78 is 5.47. The average molecular weight is 548 g/mol. The van der Waals surface area contributed by atoms with Crippen molar-refractivity contribution in [3.05, 3.63) is 40.4 Å². The number of halogens is 2. The third-order valence-corrected chi connectivity index (χ3v) is 9.10. The molecule has 0 bridgehead atoms. The highest BCUT2D eigenvalue weighted by Gasteiger charge is 2.28. The van der Waals surface area contributed by atoms with Crippen LogP contribution in [-0.4, -0.2) is 53.0 Å². The summed E-state index contributed by atoms with van der Waals surface area (Å²) in [4.78, 5) is 9.10. The van der Waals surface area contributed by atoms with Gasteiger partial charge in [-0.1, -0.05) is 36.0 Å². The fourth-order valence-electron chi connectivity index (χ4n) is 6.18. The molecule has 0 amide bonds. The lowest BCUT2D eigenvalue weighted by atomic mass is 9.82. The molecule has 3 heterocycles. The molecule has 202 valence electrons. The number of nitrogens with zero attached hydrogens (tertiary/aromatic N) is 2. The van der Waals surface area contributed by atoms with Crippen LogP contribution in [0.3, 0.4) is 0 Å². The van der Waals surface area contributed by atoms with Crippen LogP contribution in [0.15, 0.2) is 24.5 Å². The Morgan fingerprint density at radius 2 is 1.65 bits per heavy atom. The van der Waals surface area contributed by atoms with Crippen LogP contribution >= 0.6 is 23.2 Å². The second-order valence-corrected chi connectivity index (χ2v) is 12.0. The summed E-state index contributed by atoms with van der Waals surface area (Å²) in [6, 6.07) is 4.94. The molecule has 2 saturated carbocycles. The lowest BCUT2D eigenvalue weighted by Gasteiger charge is -2.35. The third kappa shape index (κ3) is 7.36. The molecule has 0 unspecified atom stereocenters. The zero-order valence-corrected chi connectivity index (χ0v) is 23.1. The number of pyridine rings is 2. The van der Waals surface area contributed by atoms with Crippen molar-refractivity contribution < 1.29 is 9.84 Å². The first-order valence-corrected chi connectivity index (χ1v) is 14.9. The van der Waals surface area contributed by atoms with Gasteiger partial charge >= 0.3 is 0 Å². The van der Waals surface area contributed by atoms with Crippen LogP contribution in [0, 0.1) is 11.8 Å². The number of nitrogens with one attached hydrogen (secondary N) is 2. The average Bonchev–Trinajstić information content (AvgIpc) is 2.92. The van der Waals surface area contributed by atoms with Crippen LogP contribution in [0.5, 0.6) is 0 Å². The minimum atomic E-state index is -0.181. The molecule has 1 saturated heterocycles. The molecule has 3 aliphatic rings. The molecular weight excluding hydrogens is 507 g/mol. The van der Waals surface area contributed by atoms with Gasteiger partial charge in [-0.25, -0.2) is 4.98 Å². The molecule has 6 nitrogen and oxygen atoms in total. The fourth-order valence-corrected chi connectivity index (χ4v) is 6.59. The maximum absolute atomic E-state index is 10.3. The van der Waals surface area contributed by atoms with E-state index in [1.54, 1.807) is 12.4 Å². The van der Waals surface area contributed by atoms with Crippen LogP contribution < -0.4 is 10.6 Å². The summed E-state index contributed by atoms with van der Waals surface area (Å²) in [6.07, 6.45) is 15.6. The number of rotatable bonds is 8. The first-order chi connectivity index (χ1) is 18.0. The Labute approximate surface area is 230 Å². The Bertz CT molecular complexity index is 1020. The molecule has 8 heteroatoms. The third-order valence-electron chi connectivity index (χ3n) is 8.50. The monoisotopic (exact) mass is 546 g/mol. The minimum Gasteiger partial charge on any atom is -0.392 e. The molecule has 0 radical (unpaired) electrons. The van der Waals surface area contributed by atoms with Gasteiger partial charge in [0, 0.05) is 54.9 Å². The van der Waals surface area contributed by atoms with Crippen molar-refractivity contribution in [1.29, 1.82) is 0 Å². The molecule has 2 atom stereocenters. The normalized spacial score (nSPS) is 27.2. The Morgan fingerprint density at radius 3 is 2.43 bits per heavy atom. The van der Waals surface area contributed by atoms with E-state index in [0.29, 0.717) is 28.1 Å². The van der Waals surface area contributed by atoms with Crippen molar-refractivity contribution in [1.82, 2.24) is 15.3 Å². The molecule has 2 aromatic heterocycles. The van der Waals surface area contributed by atoms with Crippen LogP contribution in [-0.2, 0) is 11.2 Å². The fraction of sp³-hybridized carbons (Fsp3) is 0.655. The van der Waals surface area contributed by atoms with Gasteiger partial charge in [0.05, 0.1) is 23.0 Å². The summed E-state index contributed by atoms with van der Waals surface area (Å²) in [5, 5.41) is 18.6. The zero-order chi connectivity index (χ0) is 25.6. The number of hydrogen-bond acceptors (Lipinski definition) is 6. The van der Waals surface area contributed by atoms with Gasteiger partial charge in [0.2, 0.25) is 0 Å². The molecule has 0 aromatic carbocycles. The number of anilines is 1. The molecule has 1 aliphatic heterocycles. The molecule has 2 aliphatic carbocycles. The minimum absolute atomic E-state index is 0.181. The highest BCUT2D eigenvalue weighted by molar-refractivity contribution is 6.35. The Morgan fingerprint density at radius 1 is 0.865 bits per heavy atom. The van der Waals surface area contributed by atoms with Gasteiger partial charge in [0.25, 0.3) is 0 Å². The van der Waals surface area contributed by atoms with Crippen molar-refractivity contribution in [3.8, 4) is 11.1 Å². The van der Waals surface area contributed by atoms with Crippen LogP contribution in [0.25, 0.3) is 11.1 Å². The summed E-state index contributed by atoms with van der Waals surface area (Å²) >= 11 is 13.2. The summed E-state index contributed by atoms with van der Waals surface area (Å²) in [6.45, 7) is 2.58. The van der Waals surface area contributed by atoms with Gasteiger partial charge in [-0.2, -0.15) is 0 Å². The van der Waals surface area contributed by atoms with Gasteiger partial charge in [-0.15, -0.1) is 0 Å². The molecule has 3 N–H and O–H groups in total. The standard InChI is InChI=1S/C29H40Cl2N4O2/c30-26-18-33-22(13-19-5-7-21(8-6-19)35-27-3-1-2-4-28(27)36)14-24(26)25-15-23(17-34-29(25)31)32-16-20-9-11-37-12-10-20/h14-15,17-21,27-28,32,35-36H,1-13,16H2/t19?,21?,27-,28-/m0/s1. The van der Waals surface area contributed by atoms with Crippen LogP contribution in [0.1, 0.15) is 69.9 Å². The van der Waals surface area contributed by atoms with Gasteiger partial charge in [-0.05, 0) is 81.8 Å². The van der Waals surface area contributed by atoms with E-state index in [2.05, 4.69) is 32.7 Å². The van der Waals surface area contributed by atoms with Crippen molar-refractivity contribution in [2.45, 2.75) is 88.8 Å². The number of aliphatic hydroxyl groups excluding tert-OH is 1. The predicted molar refractivity (Wildman–Crippen MR) is 150 cm³/mol. The first-order valence-electron chi connectivity index (χ1n) is 14.1. The Kier molecular flexibility index (Phi) is 9.59. The predicted octanol–water partition coefficient (Wildman–Crippen LogP) is 6.28. The smallest absolute Gasteiger partial charge is 0.137 e. The van der Waals surface area contributed by atoms with Gasteiger partial charge < -0.3 is 20.5 Å². The van der Waals surface area contributed by atoms with Crippen molar-refractivity contribution >= 4 is 28.9 Å². The number of aromatic nitrogens is 2. The van der Waals surface area contributed by atoms with E-state index in [1.165, 1.54) is 19.3 Å². The Hall–Kier alpha value is -1.44. The Balaban J connectivity index is 1.19. The molecule has 5 rings (SSSR count). The molecular formula is C29H40Cl2N4O2. The van der Waals surface area contributed by atoms with E-state index >= 15 is 0 Å². The zero-order valence-electron chi connectivity index (χ0n) is 21.6. The first kappa shape index (κ1) is 27.1. The van der Waals surface area contributed by atoms with Crippen molar-refractivity contribution in [2.75, 3.05) is 25.1 Å². The van der Waals surface area contributed by atoms with Gasteiger partial charge in [0.1, 0.15) is 5.15 Å². The maximum atomic E-state index is 10.3. The second kappa shape index (κ2) is 13.1. The number of hydrogen-bond donors (Lipinski definition) is 3. The summed E-state index contributed by atoms with van der Waals surface area (Å²) in [5.41, 5.74) is 3.73. The maximum Gasteiger partial charge on any atom is 0.137 e. The largest absolute Gasteiger partial charge is 0.392 e. The lowest BCUT2D eigenvalue weighted by molar-refractivity contribution is 0.0699. The number of ether oxygens (including phenoxy) is 1. The van der Waals surface area contributed by atoms with Gasteiger partial charge in [0.15, 0.2) is 0 Å². The van der Waals surface area contributed by atoms with Crippen molar-refractivity contribution in [2.24, 2.45) is 11.8 Å².